The Bertz CT molecular complexity index is 1080. The highest BCUT2D eigenvalue weighted by atomic mass is 35.5. The van der Waals surface area contributed by atoms with Gasteiger partial charge in [-0.3, -0.25) is 9.59 Å². The number of aromatic nitrogens is 2. The summed E-state index contributed by atoms with van der Waals surface area (Å²) >= 11 is 6.15. The molecule has 3 rings (SSSR count). The number of halogens is 1. The van der Waals surface area contributed by atoms with Crippen LogP contribution in [0.15, 0.2) is 60.9 Å². The Labute approximate surface area is 192 Å². The molecule has 0 fully saturated rings. The Morgan fingerprint density at radius 2 is 1.75 bits per heavy atom. The molecule has 168 valence electrons. The topological polar surface area (TPSA) is 85.2 Å². The summed E-state index contributed by atoms with van der Waals surface area (Å²) in [6.07, 6.45) is 3.49. The zero-order valence-corrected chi connectivity index (χ0v) is 19.3. The van der Waals surface area contributed by atoms with Crippen LogP contribution < -0.4 is 15.4 Å². The third kappa shape index (κ3) is 5.29. The fourth-order valence-electron chi connectivity index (χ4n) is 3.38. The summed E-state index contributed by atoms with van der Waals surface area (Å²) in [5, 5.41) is 6.21. The zero-order valence-electron chi connectivity index (χ0n) is 18.5. The number of hydrogen-bond donors (Lipinski definition) is 2. The molecule has 0 saturated heterocycles. The van der Waals surface area contributed by atoms with Gasteiger partial charge in [0.15, 0.2) is 0 Å². The van der Waals surface area contributed by atoms with Gasteiger partial charge in [-0.25, -0.2) is 4.98 Å². The molecular formula is C24H27ClN4O3. The minimum atomic E-state index is -0.764. The molecule has 3 aromatic rings. The monoisotopic (exact) mass is 454 g/mol. The summed E-state index contributed by atoms with van der Waals surface area (Å²) in [6, 6.07) is 12.9. The van der Waals surface area contributed by atoms with Crippen molar-refractivity contribution in [3.8, 4) is 5.75 Å². The van der Waals surface area contributed by atoms with Gasteiger partial charge >= 0.3 is 0 Å². The average Bonchev–Trinajstić information content (AvgIpc) is 3.21. The molecule has 8 heteroatoms. The first-order valence-electron chi connectivity index (χ1n) is 10.3. The first-order chi connectivity index (χ1) is 15.3. The van der Waals surface area contributed by atoms with Gasteiger partial charge < -0.3 is 19.9 Å². The second-order valence-corrected chi connectivity index (χ2v) is 8.19. The minimum absolute atomic E-state index is 0.153. The van der Waals surface area contributed by atoms with Crippen LogP contribution in [-0.2, 0) is 11.8 Å². The number of carbonyl (C=O) groups excluding carboxylic acids is 2. The number of nitrogens with zero attached hydrogens (tertiary/aromatic N) is 2. The second kappa shape index (κ2) is 10.3. The Morgan fingerprint density at radius 1 is 1.06 bits per heavy atom. The number of aryl methyl sites for hydroxylation is 1. The number of imidazole rings is 1. The molecule has 2 atom stereocenters. The lowest BCUT2D eigenvalue weighted by molar-refractivity contribution is -0.124. The van der Waals surface area contributed by atoms with Crippen molar-refractivity contribution >= 4 is 23.4 Å². The van der Waals surface area contributed by atoms with Crippen molar-refractivity contribution in [2.75, 3.05) is 7.11 Å². The molecule has 0 spiro atoms. The van der Waals surface area contributed by atoms with E-state index >= 15 is 0 Å². The SMILES string of the molecule is COc1ccc(C(NC(=O)[C@@H](NC(=O)c2ccccc2Cl)C(C)C)c2nccn2C)cc1. The molecule has 32 heavy (non-hydrogen) atoms. The number of carbonyl (C=O) groups is 2. The van der Waals surface area contributed by atoms with Crippen LogP contribution in [0.5, 0.6) is 5.75 Å². The van der Waals surface area contributed by atoms with Crippen LogP contribution in [0.4, 0.5) is 0 Å². The van der Waals surface area contributed by atoms with Gasteiger partial charge in [-0.05, 0) is 35.7 Å². The summed E-state index contributed by atoms with van der Waals surface area (Å²) < 4.78 is 7.09. The number of rotatable bonds is 8. The van der Waals surface area contributed by atoms with Gasteiger partial charge in [0.2, 0.25) is 5.91 Å². The summed E-state index contributed by atoms with van der Waals surface area (Å²) in [5.41, 5.74) is 1.16. The second-order valence-electron chi connectivity index (χ2n) is 7.79. The Hall–Kier alpha value is -3.32. The van der Waals surface area contributed by atoms with Gasteiger partial charge in [0, 0.05) is 19.4 Å². The van der Waals surface area contributed by atoms with E-state index < -0.39 is 18.0 Å². The maximum absolute atomic E-state index is 13.3. The summed E-state index contributed by atoms with van der Waals surface area (Å²) in [7, 11) is 3.46. The smallest absolute Gasteiger partial charge is 0.253 e. The van der Waals surface area contributed by atoms with E-state index in [1.165, 1.54) is 0 Å². The maximum Gasteiger partial charge on any atom is 0.253 e. The molecule has 1 heterocycles. The first-order valence-corrected chi connectivity index (χ1v) is 10.7. The molecule has 2 N–H and O–H groups in total. The molecule has 0 aliphatic carbocycles. The third-order valence-electron chi connectivity index (χ3n) is 5.21. The molecule has 2 amide bonds. The van der Waals surface area contributed by atoms with Crippen LogP contribution in [-0.4, -0.2) is 34.5 Å². The van der Waals surface area contributed by atoms with Crippen LogP contribution in [0, 0.1) is 5.92 Å². The number of nitrogens with one attached hydrogen (secondary N) is 2. The summed E-state index contributed by atoms with van der Waals surface area (Å²) in [5.74, 6) is 0.514. The van der Waals surface area contributed by atoms with Crippen LogP contribution in [0.3, 0.4) is 0 Å². The first kappa shape index (κ1) is 23.3. The molecule has 1 unspecified atom stereocenters. The predicted octanol–water partition coefficient (Wildman–Crippen LogP) is 3.74. The molecule has 0 aliphatic heterocycles. The molecule has 0 radical (unpaired) electrons. The van der Waals surface area contributed by atoms with Gasteiger partial charge in [0.05, 0.1) is 17.7 Å². The highest BCUT2D eigenvalue weighted by Gasteiger charge is 2.29. The molecule has 0 bridgehead atoms. The predicted molar refractivity (Wildman–Crippen MR) is 124 cm³/mol. The molecule has 0 aliphatic rings. The van der Waals surface area contributed by atoms with Gasteiger partial charge in [-0.15, -0.1) is 0 Å². The van der Waals surface area contributed by atoms with Gasteiger partial charge in [-0.1, -0.05) is 49.7 Å². The fraction of sp³-hybridized carbons (Fsp3) is 0.292. The van der Waals surface area contributed by atoms with Gasteiger partial charge in [0.25, 0.3) is 5.91 Å². The van der Waals surface area contributed by atoms with Gasteiger partial charge in [-0.2, -0.15) is 0 Å². The van der Waals surface area contributed by atoms with E-state index in [2.05, 4.69) is 15.6 Å². The lowest BCUT2D eigenvalue weighted by atomic mass is 10.0. The fourth-order valence-corrected chi connectivity index (χ4v) is 3.60. The summed E-state index contributed by atoms with van der Waals surface area (Å²) in [6.45, 7) is 3.75. The largest absolute Gasteiger partial charge is 0.497 e. The highest BCUT2D eigenvalue weighted by molar-refractivity contribution is 6.33. The normalized spacial score (nSPS) is 12.8. The van der Waals surface area contributed by atoms with Gasteiger partial charge in [0.1, 0.15) is 23.7 Å². The highest BCUT2D eigenvalue weighted by Crippen LogP contribution is 2.24. The van der Waals surface area contributed by atoms with E-state index in [-0.39, 0.29) is 11.8 Å². The summed E-state index contributed by atoms with van der Waals surface area (Å²) in [4.78, 5) is 30.5. The number of amides is 2. The van der Waals surface area contributed by atoms with E-state index in [0.29, 0.717) is 22.2 Å². The van der Waals surface area contributed by atoms with Crippen molar-refractivity contribution in [1.29, 1.82) is 0 Å². The van der Waals surface area contributed by atoms with E-state index in [0.717, 1.165) is 5.56 Å². The Morgan fingerprint density at radius 3 is 2.31 bits per heavy atom. The van der Waals surface area contributed by atoms with Crippen LogP contribution >= 0.6 is 11.6 Å². The van der Waals surface area contributed by atoms with Crippen LogP contribution in [0.1, 0.15) is 41.6 Å². The molecule has 1 aromatic heterocycles. The van der Waals surface area contributed by atoms with E-state index in [1.807, 2.05) is 55.9 Å². The number of methoxy groups -OCH3 is 1. The van der Waals surface area contributed by atoms with Crippen molar-refractivity contribution in [2.24, 2.45) is 13.0 Å². The lowest BCUT2D eigenvalue weighted by Crippen LogP contribution is -2.50. The van der Waals surface area contributed by atoms with Crippen molar-refractivity contribution < 1.29 is 14.3 Å². The average molecular weight is 455 g/mol. The van der Waals surface area contributed by atoms with E-state index in [9.17, 15) is 9.59 Å². The molecule has 7 nitrogen and oxygen atoms in total. The minimum Gasteiger partial charge on any atom is -0.497 e. The van der Waals surface area contributed by atoms with Crippen molar-refractivity contribution in [3.05, 3.63) is 82.9 Å². The Balaban J connectivity index is 1.86. The van der Waals surface area contributed by atoms with E-state index in [1.54, 1.807) is 37.6 Å². The molecule has 2 aromatic carbocycles. The quantitative estimate of drug-likeness (QED) is 0.543. The molecule has 0 saturated carbocycles. The number of benzene rings is 2. The standard InChI is InChI=1S/C24H27ClN4O3/c1-15(2)20(27-23(30)18-7-5-6-8-19(18)25)24(31)28-21(22-26-13-14-29(22)3)16-9-11-17(32-4)12-10-16/h5-15,20-21H,1-4H3,(H,27,30)(H,28,31)/t20-,21?/m0/s1. The zero-order chi connectivity index (χ0) is 23.3. The third-order valence-corrected chi connectivity index (χ3v) is 5.54. The maximum atomic E-state index is 13.3. The van der Waals surface area contributed by atoms with Crippen LogP contribution in [0.2, 0.25) is 5.02 Å². The van der Waals surface area contributed by atoms with Crippen molar-refractivity contribution in [2.45, 2.75) is 25.9 Å². The Kier molecular flexibility index (Phi) is 7.53. The molecular weight excluding hydrogens is 428 g/mol. The lowest BCUT2D eigenvalue weighted by Gasteiger charge is -2.26. The van der Waals surface area contributed by atoms with Crippen molar-refractivity contribution in [1.82, 2.24) is 20.2 Å². The van der Waals surface area contributed by atoms with Crippen molar-refractivity contribution in [3.63, 3.8) is 0 Å². The number of ether oxygens (including phenoxy) is 1. The number of hydrogen-bond acceptors (Lipinski definition) is 4. The van der Waals surface area contributed by atoms with Crippen LogP contribution in [0.25, 0.3) is 0 Å². The van der Waals surface area contributed by atoms with E-state index in [4.69, 9.17) is 16.3 Å².